The number of anilines is 1. The first kappa shape index (κ1) is 24.1. The number of H-pyrrole nitrogens is 1. The molecule has 1 aliphatic heterocycles. The van der Waals surface area contributed by atoms with Crippen molar-refractivity contribution in [3.05, 3.63) is 65.4 Å². The van der Waals surface area contributed by atoms with Crippen LogP contribution in [-0.2, 0) is 22.2 Å². The molecule has 182 valence electrons. The molecule has 3 aromatic rings. The zero-order valence-corrected chi connectivity index (χ0v) is 19.0. The number of carbonyl (C=O) groups is 2. The number of piperazine rings is 1. The number of carbonyl (C=O) groups excluding carboxylic acids is 2. The molecule has 1 saturated heterocycles. The molecule has 4 rings (SSSR count). The normalized spacial score (nSPS) is 16.3. The number of aromatic nitrogens is 1. The zero-order chi connectivity index (χ0) is 25.2. The Morgan fingerprint density at radius 1 is 1.20 bits per heavy atom. The monoisotopic (exact) mass is 483 g/mol. The van der Waals surface area contributed by atoms with Gasteiger partial charge in [-0.25, -0.2) is 0 Å². The summed E-state index contributed by atoms with van der Waals surface area (Å²) >= 11 is 0. The molecule has 7 nitrogen and oxygen atoms in total. The summed E-state index contributed by atoms with van der Waals surface area (Å²) in [6, 6.07) is 11.9. The van der Waals surface area contributed by atoms with Gasteiger partial charge in [-0.2, -0.15) is 18.4 Å². The highest BCUT2D eigenvalue weighted by molar-refractivity contribution is 5.88. The lowest BCUT2D eigenvalue weighted by Crippen LogP contribution is -2.60. The molecule has 1 unspecified atom stereocenters. The molecule has 2 N–H and O–H groups in total. The second kappa shape index (κ2) is 9.70. The highest BCUT2D eigenvalue weighted by atomic mass is 19.4. The number of halogens is 3. The lowest BCUT2D eigenvalue weighted by molar-refractivity contribution is -0.137. The van der Waals surface area contributed by atoms with Crippen LogP contribution in [0.2, 0.25) is 0 Å². The minimum absolute atomic E-state index is 0.0493. The summed E-state index contributed by atoms with van der Waals surface area (Å²) < 4.78 is 40.4. The van der Waals surface area contributed by atoms with E-state index >= 15 is 0 Å². The van der Waals surface area contributed by atoms with Crippen LogP contribution in [0, 0.1) is 11.3 Å². The molecule has 1 fully saturated rings. The van der Waals surface area contributed by atoms with E-state index in [1.165, 1.54) is 13.1 Å². The Bertz CT molecular complexity index is 1290. The minimum atomic E-state index is -4.70. The summed E-state index contributed by atoms with van der Waals surface area (Å²) in [5.74, 6) is -0.531. The summed E-state index contributed by atoms with van der Waals surface area (Å²) in [6.45, 7) is 0.495. The van der Waals surface area contributed by atoms with Gasteiger partial charge in [-0.3, -0.25) is 9.59 Å². The predicted molar refractivity (Wildman–Crippen MR) is 125 cm³/mol. The number of rotatable bonds is 5. The highest BCUT2D eigenvalue weighted by Gasteiger charge is 2.37. The van der Waals surface area contributed by atoms with E-state index in [0.717, 1.165) is 28.6 Å². The van der Waals surface area contributed by atoms with Gasteiger partial charge in [0.05, 0.1) is 23.7 Å². The molecule has 0 spiro atoms. The van der Waals surface area contributed by atoms with E-state index in [0.29, 0.717) is 6.42 Å². The molecule has 10 heteroatoms. The molecular weight excluding hydrogens is 459 g/mol. The lowest BCUT2D eigenvalue weighted by atomic mass is 10.0. The number of alkyl halides is 3. The molecule has 1 aliphatic rings. The van der Waals surface area contributed by atoms with E-state index in [1.807, 2.05) is 30.5 Å². The lowest BCUT2D eigenvalue weighted by Gasteiger charge is -2.42. The van der Waals surface area contributed by atoms with Gasteiger partial charge < -0.3 is 20.1 Å². The second-order valence-electron chi connectivity index (χ2n) is 8.36. The number of nitrogens with one attached hydrogen (secondary N) is 2. The van der Waals surface area contributed by atoms with Crippen LogP contribution in [0.5, 0.6) is 0 Å². The number of fused-ring (bicyclic) bond motifs is 1. The van der Waals surface area contributed by atoms with Crippen LogP contribution in [0.25, 0.3) is 10.9 Å². The van der Waals surface area contributed by atoms with Gasteiger partial charge in [-0.1, -0.05) is 18.2 Å². The molecule has 2 amide bonds. The van der Waals surface area contributed by atoms with E-state index in [4.69, 9.17) is 5.26 Å². The Morgan fingerprint density at radius 2 is 1.97 bits per heavy atom. The van der Waals surface area contributed by atoms with Crippen LogP contribution in [-0.4, -0.2) is 54.4 Å². The van der Waals surface area contributed by atoms with Crippen molar-refractivity contribution in [2.45, 2.75) is 25.1 Å². The largest absolute Gasteiger partial charge is 0.417 e. The van der Waals surface area contributed by atoms with E-state index in [1.54, 1.807) is 15.9 Å². The van der Waals surface area contributed by atoms with E-state index in [9.17, 15) is 22.8 Å². The molecule has 35 heavy (non-hydrogen) atoms. The van der Waals surface area contributed by atoms with Crippen LogP contribution >= 0.6 is 0 Å². The fourth-order valence-corrected chi connectivity index (χ4v) is 4.49. The van der Waals surface area contributed by atoms with Crippen LogP contribution < -0.4 is 10.2 Å². The number of para-hydroxylation sites is 1. The summed E-state index contributed by atoms with van der Waals surface area (Å²) in [4.78, 5) is 31.9. The number of hydrogen-bond acceptors (Lipinski definition) is 4. The number of benzene rings is 2. The average Bonchev–Trinajstić information content (AvgIpc) is 3.28. The Labute approximate surface area is 200 Å². The molecule has 2 heterocycles. The smallest absolute Gasteiger partial charge is 0.361 e. The van der Waals surface area contributed by atoms with Gasteiger partial charge in [0.2, 0.25) is 11.8 Å². The Hall–Kier alpha value is -4.00. The maximum atomic E-state index is 13.5. The molecule has 1 atom stereocenters. The SMILES string of the molecule is CNC(=O)C1CN(C(=O)CCc2c[nH]c3ccccc23)CCN1c1ccc(C#N)c(C(F)(F)F)c1. The van der Waals surface area contributed by atoms with Crippen molar-refractivity contribution in [2.75, 3.05) is 31.6 Å². The van der Waals surface area contributed by atoms with Crippen LogP contribution in [0.4, 0.5) is 18.9 Å². The molecule has 0 radical (unpaired) electrons. The van der Waals surface area contributed by atoms with E-state index in [-0.39, 0.29) is 37.6 Å². The van der Waals surface area contributed by atoms with Gasteiger partial charge in [-0.05, 0) is 36.2 Å². The third-order valence-corrected chi connectivity index (χ3v) is 6.33. The first-order valence-corrected chi connectivity index (χ1v) is 11.1. The van der Waals surface area contributed by atoms with Crippen molar-refractivity contribution in [3.8, 4) is 6.07 Å². The summed E-state index contributed by atoms with van der Waals surface area (Å²) in [5, 5.41) is 12.6. The van der Waals surface area contributed by atoms with Crippen molar-refractivity contribution < 1.29 is 22.8 Å². The number of likely N-dealkylation sites (N-methyl/N-ethyl adjacent to an activating group) is 1. The first-order valence-electron chi connectivity index (χ1n) is 11.1. The van der Waals surface area contributed by atoms with Gasteiger partial charge in [-0.15, -0.1) is 0 Å². The fourth-order valence-electron chi connectivity index (χ4n) is 4.49. The molecule has 0 bridgehead atoms. The third-order valence-electron chi connectivity index (χ3n) is 6.33. The highest BCUT2D eigenvalue weighted by Crippen LogP contribution is 2.35. The fraction of sp³-hybridized carbons (Fsp3) is 0.320. The predicted octanol–water partition coefficient (Wildman–Crippen LogP) is 3.45. The summed E-state index contributed by atoms with van der Waals surface area (Å²) in [6.07, 6.45) is -2.05. The van der Waals surface area contributed by atoms with Gasteiger partial charge in [0.25, 0.3) is 0 Å². The number of nitriles is 1. The van der Waals surface area contributed by atoms with Crippen LogP contribution in [0.3, 0.4) is 0 Å². The van der Waals surface area contributed by atoms with E-state index in [2.05, 4.69) is 10.3 Å². The number of amides is 2. The average molecular weight is 483 g/mol. The summed E-state index contributed by atoms with van der Waals surface area (Å²) in [5.41, 5.74) is 0.654. The molecule has 1 aromatic heterocycles. The maximum Gasteiger partial charge on any atom is 0.417 e. The van der Waals surface area contributed by atoms with E-state index < -0.39 is 29.3 Å². The molecule has 2 aromatic carbocycles. The first-order chi connectivity index (χ1) is 16.7. The van der Waals surface area contributed by atoms with Crippen LogP contribution in [0.1, 0.15) is 23.1 Å². The maximum absolute atomic E-state index is 13.5. The minimum Gasteiger partial charge on any atom is -0.361 e. The van der Waals surface area contributed by atoms with Gasteiger partial charge >= 0.3 is 6.18 Å². The third kappa shape index (κ3) is 4.94. The quantitative estimate of drug-likeness (QED) is 0.582. The van der Waals surface area contributed by atoms with Gasteiger partial charge in [0.15, 0.2) is 0 Å². The van der Waals surface area contributed by atoms with Gasteiger partial charge in [0, 0.05) is 49.3 Å². The van der Waals surface area contributed by atoms with Crippen LogP contribution in [0.15, 0.2) is 48.7 Å². The Morgan fingerprint density at radius 3 is 2.69 bits per heavy atom. The second-order valence-corrected chi connectivity index (χ2v) is 8.36. The number of aryl methyl sites for hydroxylation is 1. The molecule has 0 aliphatic carbocycles. The zero-order valence-electron chi connectivity index (χ0n) is 19.0. The number of hydrogen-bond donors (Lipinski definition) is 2. The molecule has 0 saturated carbocycles. The standard InChI is InChI=1S/C25H24F3N5O2/c1-30-24(35)22-15-32(23(34)9-7-17-14-31-21-5-3-2-4-19(17)21)10-11-33(22)18-8-6-16(13-29)20(12-18)25(26,27)28/h2-6,8,12,14,22,31H,7,9-11,15H2,1H3,(H,30,35). The van der Waals surface area contributed by atoms with Crippen molar-refractivity contribution in [1.82, 2.24) is 15.2 Å². The number of aromatic amines is 1. The topological polar surface area (TPSA) is 92.2 Å². The Balaban J connectivity index is 1.51. The summed E-state index contributed by atoms with van der Waals surface area (Å²) in [7, 11) is 1.44. The number of nitrogens with zero attached hydrogens (tertiary/aromatic N) is 3. The van der Waals surface area contributed by atoms with Crippen molar-refractivity contribution in [2.24, 2.45) is 0 Å². The van der Waals surface area contributed by atoms with Crippen molar-refractivity contribution in [3.63, 3.8) is 0 Å². The van der Waals surface area contributed by atoms with Crippen molar-refractivity contribution >= 4 is 28.4 Å². The van der Waals surface area contributed by atoms with Gasteiger partial charge in [0.1, 0.15) is 6.04 Å². The molecular formula is C25H24F3N5O2. The van der Waals surface area contributed by atoms with Crippen molar-refractivity contribution in [1.29, 1.82) is 5.26 Å². The Kier molecular flexibility index (Phi) is 6.69.